The molecule has 1 aliphatic rings. The van der Waals surface area contributed by atoms with Crippen LogP contribution in [0.5, 0.6) is 0 Å². The first-order valence-corrected chi connectivity index (χ1v) is 6.05. The van der Waals surface area contributed by atoms with Crippen LogP contribution in [0, 0.1) is 0 Å². The molecule has 4 nitrogen and oxygen atoms in total. The molecule has 1 fully saturated rings. The number of carbonyl (C=O) groups excluding carboxylic acids is 1. The van der Waals surface area contributed by atoms with Crippen LogP contribution in [0.2, 0.25) is 0 Å². The predicted molar refractivity (Wildman–Crippen MR) is 62.3 cm³/mol. The Morgan fingerprint density at radius 1 is 1.38 bits per heavy atom. The number of amides is 1. The van der Waals surface area contributed by atoms with Gasteiger partial charge in [-0.1, -0.05) is 0 Å². The SMILES string of the molecule is CC1CN(C(=O)c2ccc(Br)o2)CC(C)O1. The van der Waals surface area contributed by atoms with Crippen molar-refractivity contribution in [2.45, 2.75) is 26.1 Å². The zero-order valence-corrected chi connectivity index (χ0v) is 10.9. The third kappa shape index (κ3) is 2.47. The molecule has 1 aromatic rings. The molecule has 1 saturated heterocycles. The number of nitrogens with zero attached hydrogens (tertiary/aromatic N) is 1. The van der Waals surface area contributed by atoms with Crippen molar-refractivity contribution in [1.82, 2.24) is 4.90 Å². The van der Waals surface area contributed by atoms with E-state index in [4.69, 9.17) is 9.15 Å². The van der Waals surface area contributed by atoms with Gasteiger partial charge in [-0.05, 0) is 41.9 Å². The van der Waals surface area contributed by atoms with Gasteiger partial charge in [0.1, 0.15) is 0 Å². The maximum atomic E-state index is 12.1. The standard InChI is InChI=1S/C11H14BrNO3/c1-7-5-13(6-8(2)15-7)11(14)9-3-4-10(12)16-9/h3-4,7-8H,5-6H2,1-2H3. The second-order valence-corrected chi connectivity index (χ2v) is 4.85. The van der Waals surface area contributed by atoms with Crippen molar-refractivity contribution >= 4 is 21.8 Å². The number of hydrogen-bond acceptors (Lipinski definition) is 3. The minimum Gasteiger partial charge on any atom is -0.444 e. The van der Waals surface area contributed by atoms with Crippen molar-refractivity contribution in [2.75, 3.05) is 13.1 Å². The van der Waals surface area contributed by atoms with E-state index < -0.39 is 0 Å². The van der Waals surface area contributed by atoms with Gasteiger partial charge in [0, 0.05) is 13.1 Å². The van der Waals surface area contributed by atoms with Crippen LogP contribution in [-0.2, 0) is 4.74 Å². The van der Waals surface area contributed by atoms with Crippen molar-refractivity contribution in [1.29, 1.82) is 0 Å². The highest BCUT2D eigenvalue weighted by Crippen LogP contribution is 2.18. The lowest BCUT2D eigenvalue weighted by molar-refractivity contribution is -0.0592. The molecule has 0 aromatic carbocycles. The Bertz CT molecular complexity index is 380. The van der Waals surface area contributed by atoms with Gasteiger partial charge >= 0.3 is 0 Å². The lowest BCUT2D eigenvalue weighted by Gasteiger charge is -2.34. The van der Waals surface area contributed by atoms with E-state index in [0.29, 0.717) is 23.5 Å². The molecule has 2 unspecified atom stereocenters. The Balaban J connectivity index is 2.09. The van der Waals surface area contributed by atoms with Gasteiger partial charge in [-0.15, -0.1) is 0 Å². The average Bonchev–Trinajstić information content (AvgIpc) is 2.62. The molecule has 16 heavy (non-hydrogen) atoms. The number of halogens is 1. The Morgan fingerprint density at radius 2 is 2.00 bits per heavy atom. The largest absolute Gasteiger partial charge is 0.444 e. The highest BCUT2D eigenvalue weighted by atomic mass is 79.9. The third-order valence-electron chi connectivity index (χ3n) is 2.49. The van der Waals surface area contributed by atoms with Crippen LogP contribution in [0.1, 0.15) is 24.4 Å². The molecule has 88 valence electrons. The highest BCUT2D eigenvalue weighted by Gasteiger charge is 2.27. The number of morpholine rings is 1. The zero-order valence-electron chi connectivity index (χ0n) is 9.27. The minimum absolute atomic E-state index is 0.0751. The summed E-state index contributed by atoms with van der Waals surface area (Å²) < 4.78 is 11.4. The van der Waals surface area contributed by atoms with Crippen LogP contribution in [0.25, 0.3) is 0 Å². The van der Waals surface area contributed by atoms with E-state index in [1.807, 2.05) is 13.8 Å². The number of rotatable bonds is 1. The molecule has 0 saturated carbocycles. The summed E-state index contributed by atoms with van der Waals surface area (Å²) in [6, 6.07) is 3.40. The minimum atomic E-state index is -0.0762. The molecule has 0 bridgehead atoms. The average molecular weight is 288 g/mol. The monoisotopic (exact) mass is 287 g/mol. The molecule has 0 spiro atoms. The van der Waals surface area contributed by atoms with E-state index in [0.717, 1.165) is 0 Å². The van der Waals surface area contributed by atoms with Crippen LogP contribution in [-0.4, -0.2) is 36.1 Å². The van der Waals surface area contributed by atoms with Gasteiger partial charge in [0.25, 0.3) is 5.91 Å². The second-order valence-electron chi connectivity index (χ2n) is 4.07. The molecular weight excluding hydrogens is 274 g/mol. The van der Waals surface area contributed by atoms with Crippen LogP contribution >= 0.6 is 15.9 Å². The third-order valence-corrected chi connectivity index (χ3v) is 2.92. The summed E-state index contributed by atoms with van der Waals surface area (Å²) in [6.45, 7) is 5.16. The van der Waals surface area contributed by atoms with E-state index in [1.165, 1.54) is 0 Å². The van der Waals surface area contributed by atoms with Gasteiger partial charge in [0.2, 0.25) is 0 Å². The van der Waals surface area contributed by atoms with Crippen LogP contribution in [0.4, 0.5) is 0 Å². The first kappa shape index (κ1) is 11.7. The maximum absolute atomic E-state index is 12.1. The molecule has 0 N–H and O–H groups in total. The Morgan fingerprint density at radius 3 is 2.50 bits per heavy atom. The molecule has 2 rings (SSSR count). The molecule has 5 heteroatoms. The first-order chi connectivity index (χ1) is 7.56. The van der Waals surface area contributed by atoms with Crippen molar-refractivity contribution in [3.8, 4) is 0 Å². The smallest absolute Gasteiger partial charge is 0.289 e. The zero-order chi connectivity index (χ0) is 11.7. The van der Waals surface area contributed by atoms with Crippen LogP contribution in [0.3, 0.4) is 0 Å². The molecule has 2 atom stereocenters. The molecule has 1 aromatic heterocycles. The van der Waals surface area contributed by atoms with Gasteiger partial charge in [-0.3, -0.25) is 4.79 Å². The van der Waals surface area contributed by atoms with Gasteiger partial charge in [0.05, 0.1) is 12.2 Å². The van der Waals surface area contributed by atoms with Crippen molar-refractivity contribution in [2.24, 2.45) is 0 Å². The van der Waals surface area contributed by atoms with E-state index in [1.54, 1.807) is 17.0 Å². The van der Waals surface area contributed by atoms with E-state index in [-0.39, 0.29) is 18.1 Å². The molecule has 1 amide bonds. The number of hydrogen-bond donors (Lipinski definition) is 0. The molecular formula is C11H14BrNO3. The topological polar surface area (TPSA) is 42.7 Å². The number of ether oxygens (including phenoxy) is 1. The summed E-state index contributed by atoms with van der Waals surface area (Å²) in [5.41, 5.74) is 0. The van der Waals surface area contributed by atoms with Crippen LogP contribution < -0.4 is 0 Å². The quantitative estimate of drug-likeness (QED) is 0.796. The molecule has 0 radical (unpaired) electrons. The van der Waals surface area contributed by atoms with Gasteiger partial charge in [-0.25, -0.2) is 0 Å². The Labute approximate surface area is 103 Å². The van der Waals surface area contributed by atoms with Gasteiger partial charge < -0.3 is 14.1 Å². The fourth-order valence-electron chi connectivity index (χ4n) is 1.93. The summed E-state index contributed by atoms with van der Waals surface area (Å²) >= 11 is 3.19. The maximum Gasteiger partial charge on any atom is 0.289 e. The predicted octanol–water partition coefficient (Wildman–Crippen LogP) is 2.29. The van der Waals surface area contributed by atoms with E-state index >= 15 is 0 Å². The molecule has 1 aliphatic heterocycles. The number of furan rings is 1. The summed E-state index contributed by atoms with van der Waals surface area (Å²) in [6.07, 6.45) is 0.150. The Hall–Kier alpha value is -0.810. The van der Waals surface area contributed by atoms with Crippen molar-refractivity contribution in [3.05, 3.63) is 22.6 Å². The summed E-state index contributed by atoms with van der Waals surface area (Å²) in [5, 5.41) is 0. The fourth-order valence-corrected chi connectivity index (χ4v) is 2.24. The summed E-state index contributed by atoms with van der Waals surface area (Å²) in [4.78, 5) is 13.8. The number of carbonyl (C=O) groups is 1. The van der Waals surface area contributed by atoms with Crippen molar-refractivity contribution in [3.63, 3.8) is 0 Å². The van der Waals surface area contributed by atoms with Crippen molar-refractivity contribution < 1.29 is 13.9 Å². The summed E-state index contributed by atoms with van der Waals surface area (Å²) in [5.74, 6) is 0.292. The normalized spacial score (nSPS) is 25.8. The Kier molecular flexibility index (Phi) is 3.35. The summed E-state index contributed by atoms with van der Waals surface area (Å²) in [7, 11) is 0. The van der Waals surface area contributed by atoms with Crippen LogP contribution in [0.15, 0.2) is 21.2 Å². The van der Waals surface area contributed by atoms with E-state index in [9.17, 15) is 4.79 Å². The second kappa shape index (κ2) is 4.59. The fraction of sp³-hybridized carbons (Fsp3) is 0.545. The highest BCUT2D eigenvalue weighted by molar-refractivity contribution is 9.10. The lowest BCUT2D eigenvalue weighted by Crippen LogP contribution is -2.48. The van der Waals surface area contributed by atoms with E-state index in [2.05, 4.69) is 15.9 Å². The first-order valence-electron chi connectivity index (χ1n) is 5.26. The van der Waals surface area contributed by atoms with Gasteiger partial charge in [0.15, 0.2) is 10.4 Å². The van der Waals surface area contributed by atoms with Gasteiger partial charge in [-0.2, -0.15) is 0 Å². The lowest BCUT2D eigenvalue weighted by atomic mass is 10.2. The molecule has 2 heterocycles. The molecule has 0 aliphatic carbocycles.